The number of hydrogen-bond acceptors (Lipinski definition) is 4. The van der Waals surface area contributed by atoms with Gasteiger partial charge in [0.05, 0.1) is 12.1 Å². The highest BCUT2D eigenvalue weighted by Gasteiger charge is 2.10. The zero-order valence-electron chi connectivity index (χ0n) is 11.9. The Morgan fingerprint density at radius 2 is 2.15 bits per heavy atom. The fourth-order valence-corrected chi connectivity index (χ4v) is 2.15. The van der Waals surface area contributed by atoms with Gasteiger partial charge in [-0.1, -0.05) is 18.2 Å². The highest BCUT2D eigenvalue weighted by molar-refractivity contribution is 5.85. The summed E-state index contributed by atoms with van der Waals surface area (Å²) in [4.78, 5) is 18.1. The number of pyridine rings is 1. The van der Waals surface area contributed by atoms with Gasteiger partial charge in [-0.3, -0.25) is 4.79 Å². The van der Waals surface area contributed by atoms with Crippen LogP contribution >= 0.6 is 0 Å². The number of likely N-dealkylation sites (N-methyl/N-ethyl adjacent to an activating group) is 2. The molecule has 0 saturated heterocycles. The number of fused-ring (bicyclic) bond motifs is 1. The van der Waals surface area contributed by atoms with Crippen LogP contribution in [0.3, 0.4) is 0 Å². The molecule has 0 saturated carbocycles. The normalized spacial score (nSPS) is 10.6. The number of aromatic nitrogens is 1. The molecule has 0 spiro atoms. The van der Waals surface area contributed by atoms with E-state index in [4.69, 9.17) is 5.73 Å². The number of amides is 1. The highest BCUT2D eigenvalue weighted by atomic mass is 16.2. The summed E-state index contributed by atoms with van der Waals surface area (Å²) in [5.74, 6) is 0.745. The van der Waals surface area contributed by atoms with Crippen molar-refractivity contribution in [1.29, 1.82) is 0 Å². The first-order valence-electron chi connectivity index (χ1n) is 6.72. The topological polar surface area (TPSA) is 71.2 Å². The third-order valence-electron chi connectivity index (χ3n) is 3.15. The van der Waals surface area contributed by atoms with Crippen LogP contribution in [0.5, 0.6) is 0 Å². The van der Waals surface area contributed by atoms with Gasteiger partial charge in [0.15, 0.2) is 0 Å². The molecule has 1 aromatic carbocycles. The molecule has 1 amide bonds. The molecule has 0 aliphatic heterocycles. The Hall–Kier alpha value is -2.14. The van der Waals surface area contributed by atoms with Crippen LogP contribution in [0.4, 0.5) is 5.82 Å². The molecular weight excluding hydrogens is 252 g/mol. The molecule has 0 unspecified atom stereocenters. The summed E-state index contributed by atoms with van der Waals surface area (Å²) in [5.41, 5.74) is 7.74. The first-order chi connectivity index (χ1) is 9.65. The van der Waals surface area contributed by atoms with Crippen molar-refractivity contribution >= 4 is 22.6 Å². The first kappa shape index (κ1) is 14.3. The fraction of sp³-hybridized carbons (Fsp3) is 0.333. The lowest BCUT2D eigenvalue weighted by Crippen LogP contribution is -2.35. The van der Waals surface area contributed by atoms with E-state index in [0.717, 1.165) is 22.3 Å². The minimum absolute atomic E-state index is 0.0146. The highest BCUT2D eigenvalue weighted by Crippen LogP contribution is 2.21. The average Bonchev–Trinajstić information content (AvgIpc) is 2.46. The van der Waals surface area contributed by atoms with Crippen molar-refractivity contribution in [3.8, 4) is 0 Å². The second-order valence-corrected chi connectivity index (χ2v) is 4.67. The van der Waals surface area contributed by atoms with E-state index in [2.05, 4.69) is 10.3 Å². The molecular formula is C15H20N4O. The molecule has 0 fully saturated rings. The Bertz CT molecular complexity index is 612. The average molecular weight is 272 g/mol. The zero-order chi connectivity index (χ0) is 14.5. The second-order valence-electron chi connectivity index (χ2n) is 4.67. The van der Waals surface area contributed by atoms with E-state index in [1.807, 2.05) is 49.2 Å². The number of benzene rings is 1. The van der Waals surface area contributed by atoms with Gasteiger partial charge in [0.2, 0.25) is 5.91 Å². The van der Waals surface area contributed by atoms with Crippen LogP contribution in [0.25, 0.3) is 10.9 Å². The summed E-state index contributed by atoms with van der Waals surface area (Å²) in [6.45, 7) is 3.26. The summed E-state index contributed by atoms with van der Waals surface area (Å²) >= 11 is 0. The van der Waals surface area contributed by atoms with Crippen LogP contribution < -0.4 is 16.0 Å². The standard InChI is InChI=1S/C15H20N4O/c1-3-17-15(20)10-19(2)14-8-11(9-16)12-6-4-5-7-13(12)18-14/h4-8H,3,9-10,16H2,1-2H3,(H,17,20). The molecule has 1 aromatic heterocycles. The minimum atomic E-state index is -0.0146. The van der Waals surface area contributed by atoms with Crippen LogP contribution in [0, 0.1) is 0 Å². The van der Waals surface area contributed by atoms with Crippen molar-refractivity contribution in [2.24, 2.45) is 5.73 Å². The van der Waals surface area contributed by atoms with Crippen molar-refractivity contribution in [3.05, 3.63) is 35.9 Å². The molecule has 106 valence electrons. The Kier molecular flexibility index (Phi) is 4.53. The number of rotatable bonds is 5. The maximum Gasteiger partial charge on any atom is 0.239 e. The Morgan fingerprint density at radius 1 is 1.40 bits per heavy atom. The van der Waals surface area contributed by atoms with E-state index in [9.17, 15) is 4.79 Å². The molecule has 5 heteroatoms. The van der Waals surface area contributed by atoms with Crippen LogP contribution in [-0.2, 0) is 11.3 Å². The number of carbonyl (C=O) groups is 1. The summed E-state index contributed by atoms with van der Waals surface area (Å²) in [6, 6.07) is 9.84. The van der Waals surface area contributed by atoms with E-state index in [1.54, 1.807) is 0 Å². The summed E-state index contributed by atoms with van der Waals surface area (Å²) < 4.78 is 0. The van der Waals surface area contributed by atoms with Crippen molar-refractivity contribution in [2.45, 2.75) is 13.5 Å². The van der Waals surface area contributed by atoms with Gasteiger partial charge >= 0.3 is 0 Å². The summed E-state index contributed by atoms with van der Waals surface area (Å²) in [5, 5.41) is 3.84. The van der Waals surface area contributed by atoms with Gasteiger partial charge in [-0.05, 0) is 24.6 Å². The van der Waals surface area contributed by atoms with E-state index in [-0.39, 0.29) is 12.5 Å². The van der Waals surface area contributed by atoms with Crippen molar-refractivity contribution in [2.75, 3.05) is 25.0 Å². The second kappa shape index (κ2) is 6.34. The number of hydrogen-bond donors (Lipinski definition) is 2. The third kappa shape index (κ3) is 3.05. The van der Waals surface area contributed by atoms with Gasteiger partial charge in [0.1, 0.15) is 5.82 Å². The van der Waals surface area contributed by atoms with Crippen molar-refractivity contribution < 1.29 is 4.79 Å². The van der Waals surface area contributed by atoms with Crippen molar-refractivity contribution in [1.82, 2.24) is 10.3 Å². The summed E-state index contributed by atoms with van der Waals surface area (Å²) in [6.07, 6.45) is 0. The number of carbonyl (C=O) groups excluding carboxylic acids is 1. The molecule has 5 nitrogen and oxygen atoms in total. The number of nitrogens with zero attached hydrogens (tertiary/aromatic N) is 2. The summed E-state index contributed by atoms with van der Waals surface area (Å²) in [7, 11) is 1.85. The fourth-order valence-electron chi connectivity index (χ4n) is 2.15. The van der Waals surface area contributed by atoms with E-state index < -0.39 is 0 Å². The lowest BCUT2D eigenvalue weighted by atomic mass is 10.1. The molecule has 2 rings (SSSR count). The monoisotopic (exact) mass is 272 g/mol. The smallest absolute Gasteiger partial charge is 0.239 e. The Labute approximate surface area is 118 Å². The van der Waals surface area contributed by atoms with Gasteiger partial charge in [0.25, 0.3) is 0 Å². The number of nitrogens with two attached hydrogens (primary N) is 1. The molecule has 0 aliphatic rings. The van der Waals surface area contributed by atoms with E-state index in [1.165, 1.54) is 0 Å². The maximum absolute atomic E-state index is 11.6. The van der Waals surface area contributed by atoms with Crippen LogP contribution in [0.15, 0.2) is 30.3 Å². The minimum Gasteiger partial charge on any atom is -0.355 e. The van der Waals surface area contributed by atoms with Crippen LogP contribution in [0.1, 0.15) is 12.5 Å². The SMILES string of the molecule is CCNC(=O)CN(C)c1cc(CN)c2ccccc2n1. The lowest BCUT2D eigenvalue weighted by molar-refractivity contribution is -0.119. The van der Waals surface area contributed by atoms with Crippen LogP contribution in [0.2, 0.25) is 0 Å². The predicted octanol–water partition coefficient (Wildman–Crippen LogP) is 1.27. The molecule has 1 heterocycles. The zero-order valence-corrected chi connectivity index (χ0v) is 11.9. The van der Waals surface area contributed by atoms with Crippen molar-refractivity contribution in [3.63, 3.8) is 0 Å². The first-order valence-corrected chi connectivity index (χ1v) is 6.72. The molecule has 0 atom stereocenters. The van der Waals surface area contributed by atoms with Gasteiger partial charge < -0.3 is 16.0 Å². The van der Waals surface area contributed by atoms with Gasteiger partial charge in [-0.15, -0.1) is 0 Å². The Morgan fingerprint density at radius 3 is 2.85 bits per heavy atom. The molecule has 0 bridgehead atoms. The molecule has 0 radical (unpaired) electrons. The quantitative estimate of drug-likeness (QED) is 0.859. The number of nitrogens with one attached hydrogen (secondary N) is 1. The van der Waals surface area contributed by atoms with Gasteiger partial charge in [-0.25, -0.2) is 4.98 Å². The molecule has 20 heavy (non-hydrogen) atoms. The largest absolute Gasteiger partial charge is 0.355 e. The van der Waals surface area contributed by atoms with Crippen LogP contribution in [-0.4, -0.2) is 31.0 Å². The maximum atomic E-state index is 11.6. The molecule has 2 aromatic rings. The third-order valence-corrected chi connectivity index (χ3v) is 3.15. The predicted molar refractivity (Wildman–Crippen MR) is 81.6 cm³/mol. The molecule has 0 aliphatic carbocycles. The number of para-hydroxylation sites is 1. The molecule has 3 N–H and O–H groups in total. The van der Waals surface area contributed by atoms with E-state index >= 15 is 0 Å². The lowest BCUT2D eigenvalue weighted by Gasteiger charge is -2.19. The van der Waals surface area contributed by atoms with E-state index in [0.29, 0.717) is 13.1 Å². The Balaban J connectivity index is 2.32. The van der Waals surface area contributed by atoms with Gasteiger partial charge in [0, 0.05) is 25.5 Å². The van der Waals surface area contributed by atoms with Gasteiger partial charge in [-0.2, -0.15) is 0 Å². The number of anilines is 1.